The molecular formula is C16H15FIN. The molecule has 0 atom stereocenters. The van der Waals surface area contributed by atoms with E-state index in [-0.39, 0.29) is 5.82 Å². The number of rotatable bonds is 3. The minimum atomic E-state index is -0.156. The molecule has 0 aliphatic heterocycles. The van der Waals surface area contributed by atoms with Crippen LogP contribution in [0.5, 0.6) is 0 Å². The van der Waals surface area contributed by atoms with Gasteiger partial charge < -0.3 is 5.32 Å². The lowest BCUT2D eigenvalue weighted by Gasteiger charge is -2.37. The smallest absolute Gasteiger partial charge is 0.123 e. The van der Waals surface area contributed by atoms with Crippen LogP contribution in [0.1, 0.15) is 24.3 Å². The third kappa shape index (κ3) is 3.08. The lowest BCUT2D eigenvalue weighted by molar-refractivity contribution is 0.374. The van der Waals surface area contributed by atoms with E-state index < -0.39 is 0 Å². The molecule has 98 valence electrons. The van der Waals surface area contributed by atoms with Crippen molar-refractivity contribution in [2.75, 3.05) is 5.32 Å². The summed E-state index contributed by atoms with van der Waals surface area (Å²) >= 11 is 2.32. The van der Waals surface area contributed by atoms with E-state index in [1.807, 2.05) is 12.1 Å². The predicted molar refractivity (Wildman–Crippen MR) is 84.9 cm³/mol. The Morgan fingerprint density at radius 3 is 2.47 bits per heavy atom. The average Bonchev–Trinajstić information content (AvgIpc) is 2.35. The zero-order chi connectivity index (χ0) is 13.2. The van der Waals surface area contributed by atoms with Crippen molar-refractivity contribution in [1.29, 1.82) is 0 Å². The van der Waals surface area contributed by atoms with Gasteiger partial charge in [0, 0.05) is 15.3 Å². The molecule has 0 heterocycles. The van der Waals surface area contributed by atoms with Gasteiger partial charge in [-0.15, -0.1) is 0 Å². The Balaban J connectivity index is 1.57. The number of nitrogens with one attached hydrogen (secondary N) is 1. The van der Waals surface area contributed by atoms with Crippen molar-refractivity contribution in [3.05, 3.63) is 63.5 Å². The first kappa shape index (κ1) is 12.9. The molecule has 1 nitrogen and oxygen atoms in total. The molecule has 1 aliphatic rings. The highest BCUT2D eigenvalue weighted by atomic mass is 127. The standard InChI is InChI=1S/C16H15FIN/c17-13-6-4-11(5-7-13)12-8-16(9-12)19-15-3-1-2-14(18)10-15/h1-7,10,12,16,19H,8-9H2. The molecule has 0 aromatic heterocycles. The highest BCUT2D eigenvalue weighted by molar-refractivity contribution is 14.1. The van der Waals surface area contributed by atoms with Gasteiger partial charge in [0.25, 0.3) is 0 Å². The van der Waals surface area contributed by atoms with Gasteiger partial charge in [-0.05, 0) is 77.2 Å². The minimum absolute atomic E-state index is 0.156. The van der Waals surface area contributed by atoms with Crippen LogP contribution in [0.3, 0.4) is 0 Å². The van der Waals surface area contributed by atoms with E-state index in [9.17, 15) is 4.39 Å². The second-order valence-electron chi connectivity index (χ2n) is 5.07. The first-order chi connectivity index (χ1) is 9.20. The normalized spacial score (nSPS) is 21.8. The molecular weight excluding hydrogens is 352 g/mol. The fraction of sp³-hybridized carbons (Fsp3) is 0.250. The molecule has 3 heteroatoms. The number of hydrogen-bond acceptors (Lipinski definition) is 1. The zero-order valence-corrected chi connectivity index (χ0v) is 12.6. The molecule has 1 fully saturated rings. The fourth-order valence-corrected chi connectivity index (χ4v) is 3.10. The van der Waals surface area contributed by atoms with Gasteiger partial charge in [0.2, 0.25) is 0 Å². The molecule has 3 rings (SSSR count). The summed E-state index contributed by atoms with van der Waals surface area (Å²) in [6.45, 7) is 0. The highest BCUT2D eigenvalue weighted by Gasteiger charge is 2.30. The minimum Gasteiger partial charge on any atom is -0.382 e. The van der Waals surface area contributed by atoms with Crippen molar-refractivity contribution in [3.8, 4) is 0 Å². The van der Waals surface area contributed by atoms with E-state index in [4.69, 9.17) is 0 Å². The van der Waals surface area contributed by atoms with Gasteiger partial charge in [0.05, 0.1) is 0 Å². The molecule has 1 aliphatic carbocycles. The van der Waals surface area contributed by atoms with E-state index in [2.05, 4.69) is 52.2 Å². The molecule has 0 radical (unpaired) electrons. The summed E-state index contributed by atoms with van der Waals surface area (Å²) in [6.07, 6.45) is 2.24. The zero-order valence-electron chi connectivity index (χ0n) is 10.4. The summed E-state index contributed by atoms with van der Waals surface area (Å²) in [5.74, 6) is 0.414. The maximum Gasteiger partial charge on any atom is 0.123 e. The van der Waals surface area contributed by atoms with Crippen molar-refractivity contribution in [2.24, 2.45) is 0 Å². The average molecular weight is 367 g/mol. The van der Waals surface area contributed by atoms with Crippen LogP contribution in [0.4, 0.5) is 10.1 Å². The van der Waals surface area contributed by atoms with Crippen LogP contribution >= 0.6 is 22.6 Å². The Morgan fingerprint density at radius 1 is 1.05 bits per heavy atom. The second-order valence-corrected chi connectivity index (χ2v) is 6.32. The first-order valence-corrected chi connectivity index (χ1v) is 7.56. The summed E-state index contributed by atoms with van der Waals surface area (Å²) in [7, 11) is 0. The monoisotopic (exact) mass is 367 g/mol. The second kappa shape index (κ2) is 5.49. The van der Waals surface area contributed by atoms with Crippen molar-refractivity contribution in [2.45, 2.75) is 24.8 Å². The molecule has 0 spiro atoms. The molecule has 2 aromatic rings. The molecule has 2 aromatic carbocycles. The summed E-state index contributed by atoms with van der Waals surface area (Å²) < 4.78 is 14.1. The van der Waals surface area contributed by atoms with Crippen LogP contribution in [-0.2, 0) is 0 Å². The molecule has 0 amide bonds. The summed E-state index contributed by atoms with van der Waals surface area (Å²) in [6, 6.07) is 15.9. The van der Waals surface area contributed by atoms with Gasteiger partial charge in [0.15, 0.2) is 0 Å². The van der Waals surface area contributed by atoms with E-state index in [1.54, 1.807) is 12.1 Å². The maximum absolute atomic E-state index is 12.9. The summed E-state index contributed by atoms with van der Waals surface area (Å²) in [5.41, 5.74) is 2.44. The van der Waals surface area contributed by atoms with Crippen molar-refractivity contribution < 1.29 is 4.39 Å². The lowest BCUT2D eigenvalue weighted by atomic mass is 9.76. The number of halogens is 2. The Bertz CT molecular complexity index is 561. The topological polar surface area (TPSA) is 12.0 Å². The van der Waals surface area contributed by atoms with Crippen LogP contribution < -0.4 is 5.32 Å². The SMILES string of the molecule is Fc1ccc(C2CC(Nc3cccc(I)c3)C2)cc1. The molecule has 0 saturated heterocycles. The fourth-order valence-electron chi connectivity index (χ4n) is 2.56. The predicted octanol–water partition coefficient (Wildman–Crippen LogP) is 4.79. The van der Waals surface area contributed by atoms with Gasteiger partial charge in [-0.2, -0.15) is 0 Å². The van der Waals surface area contributed by atoms with Gasteiger partial charge in [-0.1, -0.05) is 18.2 Å². The van der Waals surface area contributed by atoms with Crippen LogP contribution in [0.25, 0.3) is 0 Å². The number of benzene rings is 2. The van der Waals surface area contributed by atoms with Gasteiger partial charge in [0.1, 0.15) is 5.82 Å². The van der Waals surface area contributed by atoms with Gasteiger partial charge in [-0.3, -0.25) is 0 Å². The Kier molecular flexibility index (Phi) is 3.73. The van der Waals surface area contributed by atoms with Crippen LogP contribution in [0, 0.1) is 9.39 Å². The Morgan fingerprint density at radius 2 is 1.79 bits per heavy atom. The van der Waals surface area contributed by atoms with Gasteiger partial charge in [-0.25, -0.2) is 4.39 Å². The van der Waals surface area contributed by atoms with Crippen molar-refractivity contribution in [3.63, 3.8) is 0 Å². The van der Waals surface area contributed by atoms with Crippen LogP contribution in [0.2, 0.25) is 0 Å². The largest absolute Gasteiger partial charge is 0.382 e. The molecule has 1 N–H and O–H groups in total. The van der Waals surface area contributed by atoms with Gasteiger partial charge >= 0.3 is 0 Å². The molecule has 1 saturated carbocycles. The summed E-state index contributed by atoms with van der Waals surface area (Å²) in [5, 5.41) is 3.55. The molecule has 19 heavy (non-hydrogen) atoms. The van der Waals surface area contributed by atoms with Crippen molar-refractivity contribution in [1.82, 2.24) is 0 Å². The van der Waals surface area contributed by atoms with E-state index in [0.717, 1.165) is 12.8 Å². The van der Waals surface area contributed by atoms with Crippen LogP contribution in [0.15, 0.2) is 48.5 Å². The Labute approximate surface area is 126 Å². The number of hydrogen-bond donors (Lipinski definition) is 1. The number of anilines is 1. The third-order valence-corrected chi connectivity index (χ3v) is 4.35. The Hall–Kier alpha value is -1.10. The van der Waals surface area contributed by atoms with E-state index in [1.165, 1.54) is 14.8 Å². The lowest BCUT2D eigenvalue weighted by Crippen LogP contribution is -2.33. The quantitative estimate of drug-likeness (QED) is 0.770. The molecule has 0 bridgehead atoms. The maximum atomic E-state index is 12.9. The van der Waals surface area contributed by atoms with E-state index in [0.29, 0.717) is 12.0 Å². The first-order valence-electron chi connectivity index (χ1n) is 6.48. The highest BCUT2D eigenvalue weighted by Crippen LogP contribution is 2.38. The van der Waals surface area contributed by atoms with Crippen molar-refractivity contribution >= 4 is 28.3 Å². The third-order valence-electron chi connectivity index (χ3n) is 3.67. The summed E-state index contributed by atoms with van der Waals surface area (Å²) in [4.78, 5) is 0. The molecule has 0 unspecified atom stereocenters. The van der Waals surface area contributed by atoms with E-state index >= 15 is 0 Å². The van der Waals surface area contributed by atoms with Crippen LogP contribution in [-0.4, -0.2) is 6.04 Å².